The van der Waals surface area contributed by atoms with Crippen LogP contribution in [-0.4, -0.2) is 64.5 Å². The van der Waals surface area contributed by atoms with Crippen molar-refractivity contribution in [3.8, 4) is 0 Å². The molecule has 1 aromatic heterocycles. The molecule has 0 saturated carbocycles. The van der Waals surface area contributed by atoms with E-state index in [0.717, 1.165) is 55.7 Å². The molecule has 0 bridgehead atoms. The number of nitrogens with zero attached hydrogens (tertiary/aromatic N) is 5. The van der Waals surface area contributed by atoms with Crippen LogP contribution in [0.4, 0.5) is 16.4 Å². The number of amides is 2. The summed E-state index contributed by atoms with van der Waals surface area (Å²) in [6.07, 6.45) is 4.50. The number of carbonyl (C=O) groups excluding carboxylic acids is 1. The van der Waals surface area contributed by atoms with Crippen molar-refractivity contribution in [2.75, 3.05) is 49.5 Å². The molecule has 27 heavy (non-hydrogen) atoms. The highest BCUT2D eigenvalue weighted by Crippen LogP contribution is 2.36. The molecule has 0 spiro atoms. The van der Waals surface area contributed by atoms with Crippen molar-refractivity contribution in [3.63, 3.8) is 0 Å². The van der Waals surface area contributed by atoms with Gasteiger partial charge in [-0.2, -0.15) is 0 Å². The Labute approximate surface area is 167 Å². The number of aromatic nitrogens is 2. The van der Waals surface area contributed by atoms with Gasteiger partial charge in [0.2, 0.25) is 5.95 Å². The van der Waals surface area contributed by atoms with Gasteiger partial charge in [-0.15, -0.1) is 0 Å². The van der Waals surface area contributed by atoms with E-state index in [1.54, 1.807) is 22.8 Å². The van der Waals surface area contributed by atoms with Gasteiger partial charge in [-0.3, -0.25) is 9.21 Å². The lowest BCUT2D eigenvalue weighted by atomic mass is 10.3. The first-order valence-corrected chi connectivity index (χ1v) is 10.1. The number of halogens is 1. The molecule has 0 unspecified atom stereocenters. The monoisotopic (exact) mass is 404 g/mol. The minimum atomic E-state index is -0.0826. The third kappa shape index (κ3) is 4.45. The summed E-state index contributed by atoms with van der Waals surface area (Å²) in [7, 11) is 0. The Hall–Kier alpha value is -2.03. The van der Waals surface area contributed by atoms with Gasteiger partial charge in [-0.25, -0.2) is 14.8 Å². The van der Waals surface area contributed by atoms with Crippen molar-refractivity contribution in [2.45, 2.75) is 11.3 Å². The predicted molar refractivity (Wildman–Crippen MR) is 108 cm³/mol. The average molecular weight is 405 g/mol. The molecule has 2 aliphatic rings. The molecule has 2 aliphatic heterocycles. The summed E-state index contributed by atoms with van der Waals surface area (Å²) in [5.41, 5.74) is 0.785. The minimum absolute atomic E-state index is 0.0826. The second-order valence-corrected chi connectivity index (χ2v) is 7.99. The molecule has 2 aromatic rings. The van der Waals surface area contributed by atoms with Gasteiger partial charge in [0.25, 0.3) is 0 Å². The highest BCUT2D eigenvalue weighted by atomic mass is 35.5. The van der Waals surface area contributed by atoms with E-state index in [2.05, 4.69) is 25.1 Å². The number of fused-ring (bicyclic) bond motifs is 1. The molecule has 1 N–H and O–H groups in total. The summed E-state index contributed by atoms with van der Waals surface area (Å²) >= 11 is 7.47. The topological polar surface area (TPSA) is 64.6 Å². The fourth-order valence-corrected chi connectivity index (χ4v) is 4.32. The maximum atomic E-state index is 12.3. The number of anilines is 2. The lowest BCUT2D eigenvalue weighted by Crippen LogP contribution is -2.47. The van der Waals surface area contributed by atoms with Crippen molar-refractivity contribution < 1.29 is 4.79 Å². The first-order valence-electron chi connectivity index (χ1n) is 8.99. The molecule has 9 heteroatoms. The third-order valence-electron chi connectivity index (χ3n) is 4.66. The predicted octanol–water partition coefficient (Wildman–Crippen LogP) is 3.20. The largest absolute Gasteiger partial charge is 0.338 e. The summed E-state index contributed by atoms with van der Waals surface area (Å²) in [5.74, 6) is 0.803. The molecular weight excluding hydrogens is 384 g/mol. The molecule has 4 rings (SSSR count). The standard InChI is InChI=1S/C18H21ClN6OS/c19-14-3-4-16-15(13-14)22-18(26)25(27-16)8-2-7-23-9-11-24(12-10-23)17-20-5-1-6-21-17/h1,3-6,13H,2,7-12H2,(H,22,26). The number of urea groups is 1. The quantitative estimate of drug-likeness (QED) is 0.772. The van der Waals surface area contributed by atoms with Crippen molar-refractivity contribution in [1.82, 2.24) is 19.2 Å². The average Bonchev–Trinajstić information content (AvgIpc) is 2.70. The fraction of sp³-hybridized carbons (Fsp3) is 0.389. The zero-order chi connectivity index (χ0) is 18.6. The van der Waals surface area contributed by atoms with E-state index < -0.39 is 0 Å². The molecule has 142 valence electrons. The summed E-state index contributed by atoms with van der Waals surface area (Å²) in [6.45, 7) is 5.51. The second-order valence-electron chi connectivity index (χ2n) is 6.50. The van der Waals surface area contributed by atoms with Crippen molar-refractivity contribution in [3.05, 3.63) is 41.7 Å². The summed E-state index contributed by atoms with van der Waals surface area (Å²) in [4.78, 5) is 26.6. The Morgan fingerprint density at radius 3 is 2.67 bits per heavy atom. The Kier molecular flexibility index (Phi) is 5.66. The van der Waals surface area contributed by atoms with Gasteiger partial charge >= 0.3 is 6.03 Å². The zero-order valence-corrected chi connectivity index (χ0v) is 16.4. The van der Waals surface area contributed by atoms with Crippen LogP contribution >= 0.6 is 23.5 Å². The van der Waals surface area contributed by atoms with Crippen LogP contribution in [0.2, 0.25) is 5.02 Å². The molecule has 3 heterocycles. The maximum absolute atomic E-state index is 12.3. The van der Waals surface area contributed by atoms with E-state index in [-0.39, 0.29) is 6.03 Å². The molecule has 0 atom stereocenters. The molecule has 1 fully saturated rings. The molecule has 1 aromatic carbocycles. The molecule has 0 aliphatic carbocycles. The summed E-state index contributed by atoms with van der Waals surface area (Å²) in [6, 6.07) is 7.33. The maximum Gasteiger partial charge on any atom is 0.332 e. The molecular formula is C18H21ClN6OS. The van der Waals surface area contributed by atoms with E-state index in [9.17, 15) is 4.79 Å². The molecule has 1 saturated heterocycles. The molecule has 2 amide bonds. The van der Waals surface area contributed by atoms with Gasteiger partial charge in [0.1, 0.15) is 0 Å². The van der Waals surface area contributed by atoms with Gasteiger partial charge in [0.05, 0.1) is 10.6 Å². The van der Waals surface area contributed by atoms with Gasteiger partial charge in [0.15, 0.2) is 0 Å². The lowest BCUT2D eigenvalue weighted by molar-refractivity contribution is 0.228. The van der Waals surface area contributed by atoms with Crippen molar-refractivity contribution in [2.24, 2.45) is 0 Å². The number of carbonyl (C=O) groups is 1. The first kappa shape index (κ1) is 18.3. The Morgan fingerprint density at radius 2 is 1.89 bits per heavy atom. The fourth-order valence-electron chi connectivity index (χ4n) is 3.23. The number of hydrogen-bond donors (Lipinski definition) is 1. The van der Waals surface area contributed by atoms with Crippen LogP contribution in [-0.2, 0) is 0 Å². The molecule has 7 nitrogen and oxygen atoms in total. The third-order valence-corrected chi connectivity index (χ3v) is 6.02. The van der Waals surface area contributed by atoms with E-state index in [0.29, 0.717) is 11.6 Å². The van der Waals surface area contributed by atoms with Gasteiger partial charge < -0.3 is 10.2 Å². The van der Waals surface area contributed by atoms with Crippen LogP contribution in [0.3, 0.4) is 0 Å². The van der Waals surface area contributed by atoms with E-state index >= 15 is 0 Å². The van der Waals surface area contributed by atoms with E-state index in [1.807, 2.05) is 18.2 Å². The highest BCUT2D eigenvalue weighted by Gasteiger charge is 2.24. The highest BCUT2D eigenvalue weighted by molar-refractivity contribution is 7.97. The number of nitrogens with one attached hydrogen (secondary N) is 1. The van der Waals surface area contributed by atoms with Crippen molar-refractivity contribution in [1.29, 1.82) is 0 Å². The van der Waals surface area contributed by atoms with Gasteiger partial charge in [-0.05, 0) is 42.6 Å². The lowest BCUT2D eigenvalue weighted by Gasteiger charge is -2.35. The number of benzene rings is 1. The first-order chi connectivity index (χ1) is 13.2. The van der Waals surface area contributed by atoms with Crippen LogP contribution in [0.15, 0.2) is 41.6 Å². The zero-order valence-electron chi connectivity index (χ0n) is 14.8. The SMILES string of the molecule is O=C1Nc2cc(Cl)ccc2SN1CCCN1CCN(c2ncccn2)CC1. The normalized spacial score (nSPS) is 17.6. The summed E-state index contributed by atoms with van der Waals surface area (Å²) < 4.78 is 1.78. The molecule has 0 radical (unpaired) electrons. The van der Waals surface area contributed by atoms with Crippen LogP contribution in [0.5, 0.6) is 0 Å². The van der Waals surface area contributed by atoms with Crippen LogP contribution in [0, 0.1) is 0 Å². The Balaban J connectivity index is 1.23. The summed E-state index contributed by atoms with van der Waals surface area (Å²) in [5, 5.41) is 3.54. The number of rotatable bonds is 5. The van der Waals surface area contributed by atoms with Crippen molar-refractivity contribution >= 4 is 41.2 Å². The Bertz CT molecular complexity index is 800. The van der Waals surface area contributed by atoms with Crippen LogP contribution in [0.25, 0.3) is 0 Å². The minimum Gasteiger partial charge on any atom is -0.338 e. The second kappa shape index (κ2) is 8.33. The van der Waals surface area contributed by atoms with Crippen LogP contribution in [0.1, 0.15) is 6.42 Å². The Morgan fingerprint density at radius 1 is 1.11 bits per heavy atom. The smallest absolute Gasteiger partial charge is 0.332 e. The van der Waals surface area contributed by atoms with Gasteiger partial charge in [0, 0.05) is 56.7 Å². The number of hydrogen-bond acceptors (Lipinski definition) is 6. The van der Waals surface area contributed by atoms with E-state index in [1.165, 1.54) is 11.9 Å². The number of piperazine rings is 1. The van der Waals surface area contributed by atoms with Crippen LogP contribution < -0.4 is 10.2 Å². The van der Waals surface area contributed by atoms with Gasteiger partial charge in [-0.1, -0.05) is 11.6 Å². The van der Waals surface area contributed by atoms with E-state index in [4.69, 9.17) is 11.6 Å².